The molecule has 1 fully saturated rings. The third kappa shape index (κ3) is 3.19. The van der Waals surface area contributed by atoms with Gasteiger partial charge in [-0.2, -0.15) is 0 Å². The van der Waals surface area contributed by atoms with Gasteiger partial charge in [0.2, 0.25) is 0 Å². The van der Waals surface area contributed by atoms with Crippen molar-refractivity contribution in [3.05, 3.63) is 0 Å². The number of hydrogen-bond acceptors (Lipinski definition) is 3. The fraction of sp³-hybridized carbons (Fsp3) is 1.00. The molecule has 0 aromatic rings. The van der Waals surface area contributed by atoms with Gasteiger partial charge < -0.3 is 10.6 Å². The van der Waals surface area contributed by atoms with E-state index in [-0.39, 0.29) is 5.54 Å². The predicted octanol–water partition coefficient (Wildman–Crippen LogP) is 1.53. The molecule has 3 nitrogen and oxygen atoms in total. The van der Waals surface area contributed by atoms with Gasteiger partial charge in [0, 0.05) is 24.7 Å². The SMILES string of the molecule is CCCC(C)(CN)N(C)CC1CCCN1C. The highest BCUT2D eigenvalue weighted by atomic mass is 15.2. The second-order valence-corrected chi connectivity index (χ2v) is 5.61. The third-order valence-corrected chi connectivity index (χ3v) is 4.31. The zero-order chi connectivity index (χ0) is 12.2. The summed E-state index contributed by atoms with van der Waals surface area (Å²) in [6.45, 7) is 7.71. The smallest absolute Gasteiger partial charge is 0.0301 e. The van der Waals surface area contributed by atoms with Crippen molar-refractivity contribution < 1.29 is 0 Å². The minimum absolute atomic E-state index is 0.179. The maximum atomic E-state index is 5.95. The molecule has 0 spiro atoms. The number of likely N-dealkylation sites (N-methyl/N-ethyl adjacent to an activating group) is 2. The lowest BCUT2D eigenvalue weighted by atomic mass is 9.94. The number of hydrogen-bond donors (Lipinski definition) is 1. The van der Waals surface area contributed by atoms with Gasteiger partial charge in [-0.25, -0.2) is 0 Å². The maximum Gasteiger partial charge on any atom is 0.0301 e. The van der Waals surface area contributed by atoms with E-state index in [2.05, 4.69) is 37.7 Å². The van der Waals surface area contributed by atoms with E-state index in [1.807, 2.05) is 0 Å². The molecule has 0 aromatic heterocycles. The van der Waals surface area contributed by atoms with Gasteiger partial charge in [-0.1, -0.05) is 13.3 Å². The van der Waals surface area contributed by atoms with Gasteiger partial charge in [-0.15, -0.1) is 0 Å². The highest BCUT2D eigenvalue weighted by Crippen LogP contribution is 2.22. The Hall–Kier alpha value is -0.120. The van der Waals surface area contributed by atoms with Crippen LogP contribution in [-0.2, 0) is 0 Å². The Morgan fingerprint density at radius 3 is 2.62 bits per heavy atom. The molecule has 2 atom stereocenters. The van der Waals surface area contributed by atoms with Crippen molar-refractivity contribution in [2.24, 2.45) is 5.73 Å². The lowest BCUT2D eigenvalue weighted by molar-refractivity contribution is 0.101. The van der Waals surface area contributed by atoms with Gasteiger partial charge in [0.25, 0.3) is 0 Å². The molecule has 3 heteroatoms. The van der Waals surface area contributed by atoms with Crippen molar-refractivity contribution in [2.75, 3.05) is 33.7 Å². The molecule has 96 valence electrons. The number of nitrogens with two attached hydrogens (primary N) is 1. The van der Waals surface area contributed by atoms with Gasteiger partial charge in [-0.05, 0) is 46.8 Å². The molecular weight excluding hydrogens is 198 g/mol. The highest BCUT2D eigenvalue weighted by Gasteiger charge is 2.30. The summed E-state index contributed by atoms with van der Waals surface area (Å²) < 4.78 is 0. The molecular formula is C13H29N3. The average Bonchev–Trinajstić information content (AvgIpc) is 2.64. The number of rotatable bonds is 6. The lowest BCUT2D eigenvalue weighted by Crippen LogP contribution is -2.53. The van der Waals surface area contributed by atoms with Crippen LogP contribution in [0.2, 0.25) is 0 Å². The summed E-state index contributed by atoms with van der Waals surface area (Å²) in [4.78, 5) is 4.96. The fourth-order valence-electron chi connectivity index (χ4n) is 2.73. The minimum Gasteiger partial charge on any atom is -0.329 e. The minimum atomic E-state index is 0.179. The zero-order valence-corrected chi connectivity index (χ0v) is 11.5. The molecule has 0 bridgehead atoms. The number of likely N-dealkylation sites (tertiary alicyclic amines) is 1. The van der Waals surface area contributed by atoms with Gasteiger partial charge in [-0.3, -0.25) is 4.90 Å². The monoisotopic (exact) mass is 227 g/mol. The van der Waals surface area contributed by atoms with Crippen molar-refractivity contribution in [1.29, 1.82) is 0 Å². The first-order valence-corrected chi connectivity index (χ1v) is 6.65. The first-order chi connectivity index (χ1) is 7.53. The maximum absolute atomic E-state index is 5.95. The van der Waals surface area contributed by atoms with E-state index in [1.165, 1.54) is 32.2 Å². The van der Waals surface area contributed by atoms with Crippen molar-refractivity contribution >= 4 is 0 Å². The Morgan fingerprint density at radius 1 is 1.50 bits per heavy atom. The van der Waals surface area contributed by atoms with Crippen LogP contribution < -0.4 is 5.73 Å². The van der Waals surface area contributed by atoms with Crippen LogP contribution >= 0.6 is 0 Å². The molecule has 0 aliphatic carbocycles. The van der Waals surface area contributed by atoms with E-state index in [0.29, 0.717) is 0 Å². The second kappa shape index (κ2) is 5.99. The fourth-order valence-corrected chi connectivity index (χ4v) is 2.73. The Kier molecular flexibility index (Phi) is 5.22. The summed E-state index contributed by atoms with van der Waals surface area (Å²) in [6, 6.07) is 0.729. The van der Waals surface area contributed by atoms with E-state index in [4.69, 9.17) is 5.73 Å². The summed E-state index contributed by atoms with van der Waals surface area (Å²) in [6.07, 6.45) is 5.09. The van der Waals surface area contributed by atoms with Crippen molar-refractivity contribution in [2.45, 2.75) is 51.1 Å². The van der Waals surface area contributed by atoms with Gasteiger partial charge in [0.1, 0.15) is 0 Å². The Bertz CT molecular complexity index is 207. The molecule has 1 aliphatic heterocycles. The van der Waals surface area contributed by atoms with E-state index in [0.717, 1.165) is 19.1 Å². The summed E-state index contributed by atoms with van der Waals surface area (Å²) in [5.74, 6) is 0. The molecule has 0 amide bonds. The average molecular weight is 227 g/mol. The van der Waals surface area contributed by atoms with Crippen LogP contribution in [0.15, 0.2) is 0 Å². The van der Waals surface area contributed by atoms with Crippen LogP contribution in [0.25, 0.3) is 0 Å². The largest absolute Gasteiger partial charge is 0.329 e. The van der Waals surface area contributed by atoms with Gasteiger partial charge in [0.05, 0.1) is 0 Å². The highest BCUT2D eigenvalue weighted by molar-refractivity contribution is 4.89. The van der Waals surface area contributed by atoms with Crippen LogP contribution in [0.5, 0.6) is 0 Å². The van der Waals surface area contributed by atoms with E-state index < -0.39 is 0 Å². The molecule has 16 heavy (non-hydrogen) atoms. The molecule has 1 aliphatic rings. The summed E-state index contributed by atoms with van der Waals surface area (Å²) in [5, 5.41) is 0. The first kappa shape index (κ1) is 13.9. The van der Waals surface area contributed by atoms with Crippen molar-refractivity contribution in [1.82, 2.24) is 9.80 Å². The summed E-state index contributed by atoms with van der Waals surface area (Å²) in [5.41, 5.74) is 6.13. The van der Waals surface area contributed by atoms with Crippen molar-refractivity contribution in [3.63, 3.8) is 0 Å². The van der Waals surface area contributed by atoms with Crippen LogP contribution in [0, 0.1) is 0 Å². The normalized spacial score (nSPS) is 26.2. The lowest BCUT2D eigenvalue weighted by Gasteiger charge is -2.40. The number of nitrogens with zero attached hydrogens (tertiary/aromatic N) is 2. The predicted molar refractivity (Wildman–Crippen MR) is 70.6 cm³/mol. The molecule has 0 aromatic carbocycles. The topological polar surface area (TPSA) is 32.5 Å². The zero-order valence-electron chi connectivity index (χ0n) is 11.5. The van der Waals surface area contributed by atoms with E-state index in [1.54, 1.807) is 0 Å². The third-order valence-electron chi connectivity index (χ3n) is 4.31. The van der Waals surface area contributed by atoms with Crippen LogP contribution in [-0.4, -0.2) is 55.1 Å². The summed E-state index contributed by atoms with van der Waals surface area (Å²) in [7, 11) is 4.47. The van der Waals surface area contributed by atoms with Crippen LogP contribution in [0.4, 0.5) is 0 Å². The Balaban J connectivity index is 2.51. The molecule has 0 saturated carbocycles. The van der Waals surface area contributed by atoms with Gasteiger partial charge >= 0.3 is 0 Å². The van der Waals surface area contributed by atoms with Crippen molar-refractivity contribution in [3.8, 4) is 0 Å². The standard InChI is InChI=1S/C13H29N3/c1-5-8-13(2,11-14)16(4)10-12-7-6-9-15(12)3/h12H,5-11,14H2,1-4H3. The molecule has 1 rings (SSSR count). The van der Waals surface area contributed by atoms with E-state index in [9.17, 15) is 0 Å². The van der Waals surface area contributed by atoms with E-state index >= 15 is 0 Å². The molecule has 1 heterocycles. The molecule has 1 saturated heterocycles. The van der Waals surface area contributed by atoms with Gasteiger partial charge in [0.15, 0.2) is 0 Å². The van der Waals surface area contributed by atoms with Crippen LogP contribution in [0.1, 0.15) is 39.5 Å². The Morgan fingerprint density at radius 2 is 2.19 bits per heavy atom. The quantitative estimate of drug-likeness (QED) is 0.747. The first-order valence-electron chi connectivity index (χ1n) is 6.65. The summed E-state index contributed by atoms with van der Waals surface area (Å²) >= 11 is 0. The second-order valence-electron chi connectivity index (χ2n) is 5.61. The Labute approximate surface area is 101 Å². The van der Waals surface area contributed by atoms with Crippen LogP contribution in [0.3, 0.4) is 0 Å². The molecule has 2 N–H and O–H groups in total. The molecule has 2 unspecified atom stereocenters. The molecule has 0 radical (unpaired) electrons.